The van der Waals surface area contributed by atoms with Crippen molar-refractivity contribution in [1.29, 1.82) is 0 Å². The average molecular weight is 267 g/mol. The molecule has 0 aliphatic heterocycles. The summed E-state index contributed by atoms with van der Waals surface area (Å²) >= 11 is 0. The Morgan fingerprint density at radius 2 is 2.26 bits per heavy atom. The SMILES string of the molecule is COCCCNC(=O)CNCc1ccnc(OC)c1. The molecule has 0 aromatic carbocycles. The van der Waals surface area contributed by atoms with Gasteiger partial charge in [0.2, 0.25) is 11.8 Å². The number of nitrogens with one attached hydrogen (secondary N) is 2. The maximum Gasteiger partial charge on any atom is 0.233 e. The van der Waals surface area contributed by atoms with E-state index in [-0.39, 0.29) is 12.5 Å². The standard InChI is InChI=1S/C13H21N3O3/c1-18-7-3-5-15-12(17)10-14-9-11-4-6-16-13(8-11)19-2/h4,6,8,14H,3,5,7,9-10H2,1-2H3,(H,15,17). The molecule has 0 atom stereocenters. The molecule has 0 saturated carbocycles. The van der Waals surface area contributed by atoms with Gasteiger partial charge in [-0.05, 0) is 18.1 Å². The molecular weight excluding hydrogens is 246 g/mol. The quantitative estimate of drug-likeness (QED) is 0.631. The van der Waals surface area contributed by atoms with E-state index in [2.05, 4.69) is 15.6 Å². The lowest BCUT2D eigenvalue weighted by atomic mass is 10.2. The Morgan fingerprint density at radius 3 is 3.00 bits per heavy atom. The number of pyridine rings is 1. The van der Waals surface area contributed by atoms with E-state index in [1.165, 1.54) is 0 Å². The molecule has 1 heterocycles. The number of hydrogen-bond acceptors (Lipinski definition) is 5. The lowest BCUT2D eigenvalue weighted by Crippen LogP contribution is -2.34. The highest BCUT2D eigenvalue weighted by molar-refractivity contribution is 5.77. The van der Waals surface area contributed by atoms with Crippen LogP contribution in [0.15, 0.2) is 18.3 Å². The minimum atomic E-state index is -0.0166. The van der Waals surface area contributed by atoms with Gasteiger partial charge in [-0.1, -0.05) is 0 Å². The molecule has 1 amide bonds. The second kappa shape index (κ2) is 9.29. The summed E-state index contributed by atoms with van der Waals surface area (Å²) in [5.41, 5.74) is 1.03. The second-order valence-electron chi connectivity index (χ2n) is 4.01. The van der Waals surface area contributed by atoms with Crippen molar-refractivity contribution in [1.82, 2.24) is 15.6 Å². The van der Waals surface area contributed by atoms with Crippen molar-refractivity contribution < 1.29 is 14.3 Å². The van der Waals surface area contributed by atoms with Gasteiger partial charge in [-0.3, -0.25) is 4.79 Å². The molecule has 6 nitrogen and oxygen atoms in total. The highest BCUT2D eigenvalue weighted by Gasteiger charge is 2.01. The lowest BCUT2D eigenvalue weighted by Gasteiger charge is -2.07. The van der Waals surface area contributed by atoms with Crippen LogP contribution in [-0.2, 0) is 16.1 Å². The molecule has 19 heavy (non-hydrogen) atoms. The van der Waals surface area contributed by atoms with Gasteiger partial charge >= 0.3 is 0 Å². The largest absolute Gasteiger partial charge is 0.481 e. The lowest BCUT2D eigenvalue weighted by molar-refractivity contribution is -0.120. The topological polar surface area (TPSA) is 72.5 Å². The maximum atomic E-state index is 11.5. The van der Waals surface area contributed by atoms with Crippen LogP contribution in [0, 0.1) is 0 Å². The summed E-state index contributed by atoms with van der Waals surface area (Å²) in [6.07, 6.45) is 2.50. The number of carbonyl (C=O) groups excluding carboxylic acids is 1. The Kier molecular flexibility index (Phi) is 7.53. The summed E-state index contributed by atoms with van der Waals surface area (Å²) in [5, 5.41) is 5.87. The summed E-state index contributed by atoms with van der Waals surface area (Å²) in [6, 6.07) is 3.72. The van der Waals surface area contributed by atoms with Crippen molar-refractivity contribution in [2.24, 2.45) is 0 Å². The highest BCUT2D eigenvalue weighted by Crippen LogP contribution is 2.07. The number of carbonyl (C=O) groups is 1. The number of methoxy groups -OCH3 is 2. The van der Waals surface area contributed by atoms with Crippen molar-refractivity contribution >= 4 is 5.91 Å². The number of amides is 1. The zero-order valence-corrected chi connectivity index (χ0v) is 11.4. The minimum absolute atomic E-state index is 0.0166. The van der Waals surface area contributed by atoms with Crippen LogP contribution in [-0.4, -0.2) is 44.8 Å². The molecule has 0 aliphatic carbocycles. The number of ether oxygens (including phenoxy) is 2. The molecule has 1 aromatic heterocycles. The molecule has 2 N–H and O–H groups in total. The van der Waals surface area contributed by atoms with Crippen molar-refractivity contribution in [2.75, 3.05) is 33.9 Å². The number of rotatable bonds is 9. The number of hydrogen-bond donors (Lipinski definition) is 2. The predicted octanol–water partition coefficient (Wildman–Crippen LogP) is 0.333. The Morgan fingerprint density at radius 1 is 1.42 bits per heavy atom. The van der Waals surface area contributed by atoms with Crippen LogP contribution in [0.4, 0.5) is 0 Å². The molecule has 1 aromatic rings. The third-order valence-electron chi connectivity index (χ3n) is 2.47. The normalized spacial score (nSPS) is 10.2. The third kappa shape index (κ3) is 6.73. The van der Waals surface area contributed by atoms with E-state index in [9.17, 15) is 4.79 Å². The molecule has 0 spiro atoms. The molecule has 0 fully saturated rings. The van der Waals surface area contributed by atoms with Gasteiger partial charge in [0.05, 0.1) is 13.7 Å². The van der Waals surface area contributed by atoms with Crippen molar-refractivity contribution in [3.63, 3.8) is 0 Å². The van der Waals surface area contributed by atoms with Crippen molar-refractivity contribution in [2.45, 2.75) is 13.0 Å². The highest BCUT2D eigenvalue weighted by atomic mass is 16.5. The van der Waals surface area contributed by atoms with E-state index in [0.717, 1.165) is 12.0 Å². The number of nitrogens with zero attached hydrogens (tertiary/aromatic N) is 1. The van der Waals surface area contributed by atoms with Gasteiger partial charge in [0.25, 0.3) is 0 Å². The Bertz CT molecular complexity index is 385. The zero-order valence-electron chi connectivity index (χ0n) is 11.4. The molecule has 1 rings (SSSR count). The molecule has 106 valence electrons. The van der Waals surface area contributed by atoms with Gasteiger partial charge in [0.1, 0.15) is 0 Å². The number of aromatic nitrogens is 1. The molecule has 0 unspecified atom stereocenters. The van der Waals surface area contributed by atoms with E-state index >= 15 is 0 Å². The van der Waals surface area contributed by atoms with Crippen LogP contribution in [0.2, 0.25) is 0 Å². The molecule has 0 bridgehead atoms. The van der Waals surface area contributed by atoms with Crippen molar-refractivity contribution in [3.8, 4) is 5.88 Å². The van der Waals surface area contributed by atoms with E-state index in [4.69, 9.17) is 9.47 Å². The van der Waals surface area contributed by atoms with E-state index in [1.54, 1.807) is 20.4 Å². The first kappa shape index (κ1) is 15.4. The summed E-state index contributed by atoms with van der Waals surface area (Å²) in [6.45, 7) is 2.18. The smallest absolute Gasteiger partial charge is 0.233 e. The van der Waals surface area contributed by atoms with Crippen LogP contribution in [0.25, 0.3) is 0 Å². The van der Waals surface area contributed by atoms with E-state index < -0.39 is 0 Å². The van der Waals surface area contributed by atoms with Crippen LogP contribution in [0.5, 0.6) is 5.88 Å². The molecule has 0 aliphatic rings. The average Bonchev–Trinajstić information content (AvgIpc) is 2.44. The van der Waals surface area contributed by atoms with Crippen LogP contribution >= 0.6 is 0 Å². The first-order chi connectivity index (χ1) is 9.26. The predicted molar refractivity (Wildman–Crippen MR) is 72.0 cm³/mol. The molecule has 0 saturated heterocycles. The minimum Gasteiger partial charge on any atom is -0.481 e. The van der Waals surface area contributed by atoms with E-state index in [1.807, 2.05) is 12.1 Å². The fourth-order valence-electron chi connectivity index (χ4n) is 1.50. The maximum absolute atomic E-state index is 11.5. The first-order valence-corrected chi connectivity index (χ1v) is 6.21. The van der Waals surface area contributed by atoms with Gasteiger partial charge in [0, 0.05) is 39.1 Å². The van der Waals surface area contributed by atoms with Crippen LogP contribution in [0.1, 0.15) is 12.0 Å². The fourth-order valence-corrected chi connectivity index (χ4v) is 1.50. The Hall–Kier alpha value is -1.66. The van der Waals surface area contributed by atoms with Gasteiger partial charge in [-0.25, -0.2) is 4.98 Å². The summed E-state index contributed by atoms with van der Waals surface area (Å²) in [7, 11) is 3.22. The monoisotopic (exact) mass is 267 g/mol. The second-order valence-corrected chi connectivity index (χ2v) is 4.01. The molecular formula is C13H21N3O3. The van der Waals surface area contributed by atoms with Gasteiger partial charge in [-0.15, -0.1) is 0 Å². The van der Waals surface area contributed by atoms with Crippen LogP contribution < -0.4 is 15.4 Å². The van der Waals surface area contributed by atoms with Gasteiger partial charge in [-0.2, -0.15) is 0 Å². The fraction of sp³-hybridized carbons (Fsp3) is 0.538. The molecule has 6 heteroatoms. The van der Waals surface area contributed by atoms with Crippen molar-refractivity contribution in [3.05, 3.63) is 23.9 Å². The molecule has 0 radical (unpaired) electrons. The third-order valence-corrected chi connectivity index (χ3v) is 2.47. The first-order valence-electron chi connectivity index (χ1n) is 6.21. The van der Waals surface area contributed by atoms with Gasteiger partial charge < -0.3 is 20.1 Å². The Balaban J connectivity index is 2.16. The Labute approximate surface area is 113 Å². The summed E-state index contributed by atoms with van der Waals surface area (Å²) in [5.74, 6) is 0.556. The summed E-state index contributed by atoms with van der Waals surface area (Å²) in [4.78, 5) is 15.5. The zero-order chi connectivity index (χ0) is 13.9. The van der Waals surface area contributed by atoms with Gasteiger partial charge in [0.15, 0.2) is 0 Å². The summed E-state index contributed by atoms with van der Waals surface area (Å²) < 4.78 is 9.93. The van der Waals surface area contributed by atoms with E-state index in [0.29, 0.717) is 25.6 Å². The van der Waals surface area contributed by atoms with Crippen LogP contribution in [0.3, 0.4) is 0 Å².